The second kappa shape index (κ2) is 12.6. The van der Waals surface area contributed by atoms with E-state index < -0.39 is 0 Å². The number of nitrogens with zero attached hydrogens (tertiary/aromatic N) is 5. The summed E-state index contributed by atoms with van der Waals surface area (Å²) in [4.78, 5) is 12.9. The van der Waals surface area contributed by atoms with Crippen LogP contribution in [-0.2, 0) is 0 Å². The van der Waals surface area contributed by atoms with Gasteiger partial charge < -0.3 is 4.90 Å². The van der Waals surface area contributed by atoms with Crippen LogP contribution in [0.5, 0.6) is 0 Å². The largest absolute Gasteiger partial charge is 0.310 e. The molecule has 0 fully saturated rings. The van der Waals surface area contributed by atoms with Crippen molar-refractivity contribution in [2.45, 2.75) is 0 Å². The van der Waals surface area contributed by atoms with Crippen molar-refractivity contribution in [3.63, 3.8) is 0 Å². The summed E-state index contributed by atoms with van der Waals surface area (Å²) in [7, 11) is 0. The maximum atomic E-state index is 5.39. The highest BCUT2D eigenvalue weighted by atomic mass is 15.2. The van der Waals surface area contributed by atoms with E-state index in [2.05, 4.69) is 202 Å². The molecule has 55 heavy (non-hydrogen) atoms. The summed E-state index contributed by atoms with van der Waals surface area (Å²) in [6.45, 7) is 0. The van der Waals surface area contributed by atoms with Gasteiger partial charge in [0.15, 0.2) is 0 Å². The molecule has 258 valence electrons. The summed E-state index contributed by atoms with van der Waals surface area (Å²) in [6, 6.07) is 70.9. The molecule has 5 nitrogen and oxygen atoms in total. The molecule has 0 amide bonds. The first-order valence-corrected chi connectivity index (χ1v) is 18.6. The van der Waals surface area contributed by atoms with Crippen LogP contribution in [0.25, 0.3) is 77.6 Å². The average Bonchev–Trinajstić information content (AvgIpc) is 3.81. The highest BCUT2D eigenvalue weighted by Gasteiger charge is 2.21. The molecule has 0 aliphatic rings. The monoisotopic (exact) mass is 703 g/mol. The second-order valence-corrected chi connectivity index (χ2v) is 13.9. The fraction of sp³-hybridized carbons (Fsp3) is 0. The third kappa shape index (κ3) is 5.09. The number of hydrogen-bond donors (Lipinski definition) is 0. The van der Waals surface area contributed by atoms with Crippen LogP contribution < -0.4 is 4.90 Å². The van der Waals surface area contributed by atoms with Crippen molar-refractivity contribution in [3.8, 4) is 28.2 Å². The molecule has 3 heterocycles. The number of para-hydroxylation sites is 5. The molecule has 0 atom stereocenters. The zero-order chi connectivity index (χ0) is 36.3. The number of hydrogen-bond acceptors (Lipinski definition) is 3. The number of fused-ring (bicyclic) bond motifs is 8. The molecule has 11 rings (SSSR count). The van der Waals surface area contributed by atoms with Crippen LogP contribution in [0.4, 0.5) is 17.1 Å². The van der Waals surface area contributed by atoms with Gasteiger partial charge >= 0.3 is 0 Å². The van der Waals surface area contributed by atoms with Gasteiger partial charge in [0.2, 0.25) is 5.95 Å². The van der Waals surface area contributed by atoms with Crippen LogP contribution in [0.15, 0.2) is 200 Å². The van der Waals surface area contributed by atoms with E-state index in [1.165, 1.54) is 27.6 Å². The third-order valence-corrected chi connectivity index (χ3v) is 10.7. The Morgan fingerprint density at radius 1 is 0.345 bits per heavy atom. The normalized spacial score (nSPS) is 11.6. The Bertz CT molecular complexity index is 3180. The molecule has 5 heteroatoms. The molecule has 0 saturated heterocycles. The molecule has 0 aliphatic carbocycles. The number of aromatic nitrogens is 4. The summed E-state index contributed by atoms with van der Waals surface area (Å²) < 4.78 is 4.53. The van der Waals surface area contributed by atoms with Crippen molar-refractivity contribution in [1.29, 1.82) is 0 Å². The zero-order valence-electron chi connectivity index (χ0n) is 29.8. The smallest absolute Gasteiger partial charge is 0.221 e. The molecule has 0 aliphatic heterocycles. The summed E-state index contributed by atoms with van der Waals surface area (Å²) in [5.74, 6) is 0.805. The van der Waals surface area contributed by atoms with Gasteiger partial charge in [0, 0.05) is 33.2 Å². The predicted octanol–water partition coefficient (Wildman–Crippen LogP) is 12.9. The van der Waals surface area contributed by atoms with Crippen molar-refractivity contribution in [1.82, 2.24) is 18.9 Å². The van der Waals surface area contributed by atoms with Gasteiger partial charge in [-0.15, -0.1) is 0 Å². The minimum Gasteiger partial charge on any atom is -0.310 e. The first kappa shape index (κ1) is 31.1. The fourth-order valence-corrected chi connectivity index (χ4v) is 8.10. The lowest BCUT2D eigenvalue weighted by Crippen LogP contribution is -2.10. The Hall–Kier alpha value is -7.50. The standard InChI is InChI=1S/C50H33N5/c1-3-13-34(14-4-1)35-23-25-36(26-24-35)37-27-29-39(30-28-37)53(38-15-5-2-6-16-38)40-31-32-42-41-17-8-11-21-46(41)54(48(42)33-40)50-52-44-19-9-7-18-43(44)49-51-45-20-10-12-22-47(45)55(49)50/h1-33H. The molecule has 0 N–H and O–H groups in total. The highest BCUT2D eigenvalue weighted by Crippen LogP contribution is 2.40. The first-order valence-electron chi connectivity index (χ1n) is 18.6. The van der Waals surface area contributed by atoms with Gasteiger partial charge in [0.05, 0.1) is 27.6 Å². The average molecular weight is 704 g/mol. The van der Waals surface area contributed by atoms with E-state index in [0.29, 0.717) is 0 Å². The Morgan fingerprint density at radius 3 is 1.58 bits per heavy atom. The Balaban J connectivity index is 1.09. The van der Waals surface area contributed by atoms with E-state index in [0.717, 1.165) is 67.0 Å². The van der Waals surface area contributed by atoms with E-state index >= 15 is 0 Å². The second-order valence-electron chi connectivity index (χ2n) is 13.9. The maximum Gasteiger partial charge on any atom is 0.221 e. The van der Waals surface area contributed by atoms with Crippen molar-refractivity contribution in [2.24, 2.45) is 0 Å². The lowest BCUT2D eigenvalue weighted by atomic mass is 10.00. The van der Waals surface area contributed by atoms with Gasteiger partial charge in [0.1, 0.15) is 5.65 Å². The van der Waals surface area contributed by atoms with Gasteiger partial charge in [-0.1, -0.05) is 133 Å². The van der Waals surface area contributed by atoms with Gasteiger partial charge in [0.25, 0.3) is 0 Å². The van der Waals surface area contributed by atoms with Crippen molar-refractivity contribution in [2.75, 3.05) is 4.90 Å². The molecule has 0 spiro atoms. The van der Waals surface area contributed by atoms with E-state index in [1.54, 1.807) is 0 Å². The molecule has 3 aromatic heterocycles. The van der Waals surface area contributed by atoms with Gasteiger partial charge in [-0.3, -0.25) is 8.97 Å². The molecule has 0 bridgehead atoms. The Morgan fingerprint density at radius 2 is 0.855 bits per heavy atom. The minimum absolute atomic E-state index is 0.805. The predicted molar refractivity (Wildman–Crippen MR) is 228 cm³/mol. The van der Waals surface area contributed by atoms with Gasteiger partial charge in [-0.2, -0.15) is 0 Å². The van der Waals surface area contributed by atoms with Crippen LogP contribution in [0.1, 0.15) is 0 Å². The summed E-state index contributed by atoms with van der Waals surface area (Å²) in [5.41, 5.74) is 13.9. The van der Waals surface area contributed by atoms with Crippen LogP contribution >= 0.6 is 0 Å². The quantitative estimate of drug-likeness (QED) is 0.173. The lowest BCUT2D eigenvalue weighted by Gasteiger charge is -2.26. The summed E-state index contributed by atoms with van der Waals surface area (Å²) in [5, 5.41) is 3.36. The fourth-order valence-electron chi connectivity index (χ4n) is 8.10. The number of benzene rings is 8. The van der Waals surface area contributed by atoms with Gasteiger partial charge in [-0.25, -0.2) is 9.97 Å². The minimum atomic E-state index is 0.805. The molecule has 8 aromatic carbocycles. The van der Waals surface area contributed by atoms with Gasteiger partial charge in [-0.05, 0) is 89.0 Å². The van der Waals surface area contributed by atoms with E-state index in [-0.39, 0.29) is 0 Å². The molecular formula is C50H33N5. The van der Waals surface area contributed by atoms with Crippen molar-refractivity contribution in [3.05, 3.63) is 200 Å². The SMILES string of the molecule is c1ccc(-c2ccc(-c3ccc(N(c4ccccc4)c4ccc5c6ccccc6n(-c6nc7ccccc7c7nc8ccccc8n67)c5c4)cc3)cc2)cc1. The van der Waals surface area contributed by atoms with Crippen LogP contribution in [0, 0.1) is 0 Å². The topological polar surface area (TPSA) is 38.4 Å². The van der Waals surface area contributed by atoms with E-state index in [4.69, 9.17) is 9.97 Å². The molecular weight excluding hydrogens is 671 g/mol. The summed E-state index contributed by atoms with van der Waals surface area (Å²) >= 11 is 0. The number of imidazole rings is 1. The number of anilines is 3. The molecule has 0 radical (unpaired) electrons. The van der Waals surface area contributed by atoms with Crippen LogP contribution in [0.2, 0.25) is 0 Å². The lowest BCUT2D eigenvalue weighted by molar-refractivity contribution is 0.979. The number of rotatable bonds is 6. The van der Waals surface area contributed by atoms with Crippen molar-refractivity contribution >= 4 is 66.5 Å². The van der Waals surface area contributed by atoms with Crippen LogP contribution in [-0.4, -0.2) is 18.9 Å². The molecule has 0 saturated carbocycles. The summed E-state index contributed by atoms with van der Waals surface area (Å²) in [6.07, 6.45) is 0. The van der Waals surface area contributed by atoms with E-state index in [1.807, 2.05) is 12.1 Å². The van der Waals surface area contributed by atoms with E-state index in [9.17, 15) is 0 Å². The Kier molecular flexibility index (Phi) is 7.10. The Labute approximate surface area is 317 Å². The highest BCUT2D eigenvalue weighted by molar-refractivity contribution is 6.10. The van der Waals surface area contributed by atoms with Crippen LogP contribution in [0.3, 0.4) is 0 Å². The molecule has 11 aromatic rings. The first-order chi connectivity index (χ1) is 27.3. The zero-order valence-corrected chi connectivity index (χ0v) is 29.8. The molecule has 0 unspecified atom stereocenters. The van der Waals surface area contributed by atoms with Crippen molar-refractivity contribution < 1.29 is 0 Å². The maximum absolute atomic E-state index is 5.39. The third-order valence-electron chi connectivity index (χ3n) is 10.7.